The van der Waals surface area contributed by atoms with E-state index in [9.17, 15) is 9.59 Å². The number of nitrogens with zero attached hydrogens (tertiary/aromatic N) is 2. The van der Waals surface area contributed by atoms with Crippen LogP contribution in [0.15, 0.2) is 41.8 Å². The standard InChI is InChI=1S/C30H42N4O2S/c1-21-4-6-24(7-5-21)20-34(25-12-13-25)26-14-15-33(30(36)28-3-2-16-37-28)27(17-26)29(35)32-19-23-10-8-22(18-31)9-11-23/h2-7,16,22-23,25-27H,8-15,17-20,31H2,1H3,(H,32,35)/t22?,23?,26?,27-/m1/s1. The first kappa shape index (κ1) is 26.4. The minimum atomic E-state index is -0.423. The molecule has 7 heteroatoms. The molecule has 2 amide bonds. The Morgan fingerprint density at radius 3 is 2.38 bits per heavy atom. The number of benzene rings is 1. The summed E-state index contributed by atoms with van der Waals surface area (Å²) in [7, 11) is 0. The topological polar surface area (TPSA) is 78.7 Å². The van der Waals surface area contributed by atoms with Crippen LogP contribution in [0, 0.1) is 18.8 Å². The molecule has 2 aromatic rings. The zero-order valence-corrected chi connectivity index (χ0v) is 22.9. The van der Waals surface area contributed by atoms with E-state index in [2.05, 4.69) is 41.4 Å². The zero-order valence-electron chi connectivity index (χ0n) is 22.1. The first-order valence-corrected chi connectivity index (χ1v) is 15.0. The van der Waals surface area contributed by atoms with Crippen LogP contribution in [0.2, 0.25) is 0 Å². The summed E-state index contributed by atoms with van der Waals surface area (Å²) in [5.41, 5.74) is 8.46. The van der Waals surface area contributed by atoms with E-state index in [1.54, 1.807) is 0 Å². The van der Waals surface area contributed by atoms with Gasteiger partial charge in [0.2, 0.25) is 5.91 Å². The third kappa shape index (κ3) is 6.62. The molecule has 3 aliphatic rings. The second-order valence-electron chi connectivity index (χ2n) is 11.4. The summed E-state index contributed by atoms with van der Waals surface area (Å²) in [6.45, 7) is 5.12. The average Bonchev–Trinajstić information content (AvgIpc) is 3.63. The summed E-state index contributed by atoms with van der Waals surface area (Å²) in [5, 5.41) is 5.20. The van der Waals surface area contributed by atoms with Crippen LogP contribution in [-0.4, -0.2) is 59.4 Å². The van der Waals surface area contributed by atoms with Crippen LogP contribution in [0.25, 0.3) is 0 Å². The Labute approximate surface area is 225 Å². The molecule has 1 aliphatic heterocycles. The summed E-state index contributed by atoms with van der Waals surface area (Å²) in [6, 6.07) is 13.1. The van der Waals surface area contributed by atoms with Crippen LogP contribution in [0.1, 0.15) is 72.2 Å². The van der Waals surface area contributed by atoms with E-state index >= 15 is 0 Å². The fraction of sp³-hybridized carbons (Fsp3) is 0.600. The molecule has 200 valence electrons. The lowest BCUT2D eigenvalue weighted by molar-refractivity contribution is -0.128. The van der Waals surface area contributed by atoms with E-state index in [1.165, 1.54) is 35.3 Å². The largest absolute Gasteiger partial charge is 0.354 e. The molecule has 3 N–H and O–H groups in total. The number of nitrogens with two attached hydrogens (primary N) is 1. The number of thiophene rings is 1. The van der Waals surface area contributed by atoms with Crippen molar-refractivity contribution in [2.75, 3.05) is 19.6 Å². The second kappa shape index (κ2) is 12.1. The molecule has 1 saturated heterocycles. The van der Waals surface area contributed by atoms with Gasteiger partial charge in [-0.25, -0.2) is 0 Å². The predicted octanol–water partition coefficient (Wildman–Crippen LogP) is 4.58. The van der Waals surface area contributed by atoms with Crippen LogP contribution in [0.3, 0.4) is 0 Å². The first-order chi connectivity index (χ1) is 18.0. The molecular formula is C30H42N4O2S. The number of aryl methyl sites for hydroxylation is 1. The van der Waals surface area contributed by atoms with E-state index in [-0.39, 0.29) is 11.8 Å². The fourth-order valence-corrected chi connectivity index (χ4v) is 6.86. The lowest BCUT2D eigenvalue weighted by Gasteiger charge is -2.43. The van der Waals surface area contributed by atoms with Crippen molar-refractivity contribution in [3.63, 3.8) is 0 Å². The number of rotatable bonds is 9. The molecule has 3 fully saturated rings. The van der Waals surface area contributed by atoms with Gasteiger partial charge in [-0.05, 0) is 93.7 Å². The van der Waals surface area contributed by atoms with Gasteiger partial charge in [0.25, 0.3) is 5.91 Å². The Hall–Kier alpha value is -2.22. The van der Waals surface area contributed by atoms with E-state index in [0.29, 0.717) is 43.4 Å². The lowest BCUT2D eigenvalue weighted by atomic mass is 9.82. The summed E-state index contributed by atoms with van der Waals surface area (Å²) >= 11 is 1.46. The maximum Gasteiger partial charge on any atom is 0.264 e. The Morgan fingerprint density at radius 1 is 1.00 bits per heavy atom. The number of hydrogen-bond donors (Lipinski definition) is 2. The minimum Gasteiger partial charge on any atom is -0.354 e. The van der Waals surface area contributed by atoms with E-state index in [0.717, 1.165) is 50.1 Å². The minimum absolute atomic E-state index is 0.00596. The quantitative estimate of drug-likeness (QED) is 0.506. The van der Waals surface area contributed by atoms with Gasteiger partial charge in [-0.3, -0.25) is 14.5 Å². The van der Waals surface area contributed by atoms with Gasteiger partial charge in [0, 0.05) is 31.7 Å². The Balaban J connectivity index is 1.28. The summed E-state index contributed by atoms with van der Waals surface area (Å²) in [6.07, 6.45) is 8.61. The van der Waals surface area contributed by atoms with E-state index in [1.807, 2.05) is 22.4 Å². The molecule has 0 radical (unpaired) electrons. The van der Waals surface area contributed by atoms with Crippen LogP contribution in [0.4, 0.5) is 0 Å². The molecule has 2 aliphatic carbocycles. The molecule has 2 heterocycles. The Morgan fingerprint density at radius 2 is 1.73 bits per heavy atom. The number of carbonyl (C=O) groups is 2. The molecule has 1 unspecified atom stereocenters. The van der Waals surface area contributed by atoms with Gasteiger partial charge in [-0.1, -0.05) is 35.9 Å². The Kier molecular flexibility index (Phi) is 8.63. The van der Waals surface area contributed by atoms with Gasteiger partial charge < -0.3 is 16.0 Å². The van der Waals surface area contributed by atoms with Crippen LogP contribution >= 0.6 is 11.3 Å². The molecule has 0 bridgehead atoms. The van der Waals surface area contributed by atoms with E-state index in [4.69, 9.17) is 5.73 Å². The predicted molar refractivity (Wildman–Crippen MR) is 149 cm³/mol. The molecule has 1 aromatic heterocycles. The van der Waals surface area contributed by atoms with Crippen molar-refractivity contribution in [2.45, 2.75) is 83.0 Å². The van der Waals surface area contributed by atoms with Crippen molar-refractivity contribution in [1.82, 2.24) is 15.1 Å². The highest BCUT2D eigenvalue weighted by atomic mass is 32.1. The number of nitrogens with one attached hydrogen (secondary N) is 1. The highest BCUT2D eigenvalue weighted by molar-refractivity contribution is 7.12. The molecular weight excluding hydrogens is 480 g/mol. The van der Waals surface area contributed by atoms with Crippen molar-refractivity contribution in [1.29, 1.82) is 0 Å². The highest BCUT2D eigenvalue weighted by Gasteiger charge is 2.42. The van der Waals surface area contributed by atoms with Gasteiger partial charge in [0.1, 0.15) is 6.04 Å². The van der Waals surface area contributed by atoms with Crippen molar-refractivity contribution in [3.8, 4) is 0 Å². The molecule has 1 aromatic carbocycles. The third-order valence-electron chi connectivity index (χ3n) is 8.71. The number of piperidine rings is 1. The maximum absolute atomic E-state index is 13.7. The van der Waals surface area contributed by atoms with Crippen molar-refractivity contribution >= 4 is 23.2 Å². The van der Waals surface area contributed by atoms with Gasteiger partial charge in [0.05, 0.1) is 4.88 Å². The summed E-state index contributed by atoms with van der Waals surface area (Å²) < 4.78 is 0. The van der Waals surface area contributed by atoms with Gasteiger partial charge >= 0.3 is 0 Å². The van der Waals surface area contributed by atoms with Crippen molar-refractivity contribution < 1.29 is 9.59 Å². The van der Waals surface area contributed by atoms with Crippen LogP contribution in [0.5, 0.6) is 0 Å². The molecule has 2 atom stereocenters. The fourth-order valence-electron chi connectivity index (χ4n) is 6.18. The smallest absolute Gasteiger partial charge is 0.264 e. The van der Waals surface area contributed by atoms with Crippen molar-refractivity contribution in [2.24, 2.45) is 17.6 Å². The average molecular weight is 523 g/mol. The number of amides is 2. The monoisotopic (exact) mass is 522 g/mol. The molecule has 5 rings (SSSR count). The zero-order chi connectivity index (χ0) is 25.8. The third-order valence-corrected chi connectivity index (χ3v) is 9.56. The molecule has 6 nitrogen and oxygen atoms in total. The molecule has 0 spiro atoms. The second-order valence-corrected chi connectivity index (χ2v) is 12.4. The van der Waals surface area contributed by atoms with E-state index < -0.39 is 6.04 Å². The Bertz CT molecular complexity index is 1030. The normalized spacial score (nSPS) is 26.3. The summed E-state index contributed by atoms with van der Waals surface area (Å²) in [4.78, 5) is 32.3. The van der Waals surface area contributed by atoms with Gasteiger partial charge in [-0.2, -0.15) is 0 Å². The summed E-state index contributed by atoms with van der Waals surface area (Å²) in [5.74, 6) is 1.15. The number of hydrogen-bond acceptors (Lipinski definition) is 5. The maximum atomic E-state index is 13.7. The van der Waals surface area contributed by atoms with Gasteiger partial charge in [0.15, 0.2) is 0 Å². The number of carbonyl (C=O) groups excluding carboxylic acids is 2. The molecule has 37 heavy (non-hydrogen) atoms. The SMILES string of the molecule is Cc1ccc(CN(C2CC2)C2CCN(C(=O)c3cccs3)[C@@H](C(=O)NCC3CCC(CN)CC3)C2)cc1. The van der Waals surface area contributed by atoms with Crippen molar-refractivity contribution in [3.05, 3.63) is 57.8 Å². The van der Waals surface area contributed by atoms with Crippen LogP contribution < -0.4 is 11.1 Å². The highest BCUT2D eigenvalue weighted by Crippen LogP contribution is 2.35. The molecule has 2 saturated carbocycles. The van der Waals surface area contributed by atoms with Gasteiger partial charge in [-0.15, -0.1) is 11.3 Å². The van der Waals surface area contributed by atoms with Crippen LogP contribution in [-0.2, 0) is 11.3 Å². The lowest BCUT2D eigenvalue weighted by Crippen LogP contribution is -2.57. The number of likely N-dealkylation sites (tertiary alicyclic amines) is 1. The first-order valence-electron chi connectivity index (χ1n) is 14.2.